The minimum atomic E-state index is -0.860. The van der Waals surface area contributed by atoms with Gasteiger partial charge in [0.15, 0.2) is 0 Å². The highest BCUT2D eigenvalue weighted by Gasteiger charge is 2.20. The van der Waals surface area contributed by atoms with Crippen LogP contribution in [-0.4, -0.2) is 17.6 Å². The molecule has 2 aromatic rings. The lowest BCUT2D eigenvalue weighted by molar-refractivity contribution is 0.0697. The Hall–Kier alpha value is -1.81. The zero-order valence-corrected chi connectivity index (χ0v) is 10.6. The molecule has 1 N–H and O–H groups in total. The molecule has 1 aliphatic heterocycles. The van der Waals surface area contributed by atoms with E-state index in [4.69, 9.17) is 5.11 Å². The third kappa shape index (κ3) is 1.99. The van der Waals surface area contributed by atoms with Crippen LogP contribution in [-0.2, 0) is 13.0 Å². The molecule has 2 heterocycles. The molecule has 0 amide bonds. The summed E-state index contributed by atoms with van der Waals surface area (Å²) in [4.78, 5) is 14.6. The van der Waals surface area contributed by atoms with Gasteiger partial charge in [0.25, 0.3) is 0 Å². The summed E-state index contributed by atoms with van der Waals surface area (Å²) in [5.74, 6) is -0.860. The zero-order valence-electron chi connectivity index (χ0n) is 9.80. The van der Waals surface area contributed by atoms with E-state index in [-0.39, 0.29) is 0 Å². The minimum Gasteiger partial charge on any atom is -0.478 e. The van der Waals surface area contributed by atoms with Gasteiger partial charge in [-0.3, -0.25) is 0 Å². The average Bonchev–Trinajstić information content (AvgIpc) is 2.99. The normalized spacial score (nSPS) is 13.7. The Kier molecular flexibility index (Phi) is 2.80. The molecular weight excluding hydrogens is 246 g/mol. The maximum absolute atomic E-state index is 11.0. The van der Waals surface area contributed by atoms with E-state index in [2.05, 4.69) is 16.3 Å². The molecular formula is C14H13NO2S. The number of benzene rings is 1. The number of carboxylic acids is 1. The van der Waals surface area contributed by atoms with Crippen molar-refractivity contribution in [2.75, 3.05) is 11.4 Å². The summed E-state index contributed by atoms with van der Waals surface area (Å²) in [6, 6.07) is 9.58. The van der Waals surface area contributed by atoms with Crippen LogP contribution >= 0.6 is 11.3 Å². The van der Waals surface area contributed by atoms with Crippen molar-refractivity contribution >= 4 is 23.0 Å². The lowest BCUT2D eigenvalue weighted by Crippen LogP contribution is -2.19. The number of fused-ring (bicyclic) bond motifs is 1. The number of anilines is 1. The fraction of sp³-hybridized carbons (Fsp3) is 0.214. The molecule has 0 saturated heterocycles. The lowest BCUT2D eigenvalue weighted by Gasteiger charge is -2.18. The average molecular weight is 259 g/mol. The van der Waals surface area contributed by atoms with E-state index in [9.17, 15) is 4.79 Å². The van der Waals surface area contributed by atoms with Crippen molar-refractivity contribution in [2.24, 2.45) is 0 Å². The first-order valence-electron chi connectivity index (χ1n) is 5.87. The van der Waals surface area contributed by atoms with Gasteiger partial charge >= 0.3 is 5.97 Å². The second-order valence-electron chi connectivity index (χ2n) is 4.40. The van der Waals surface area contributed by atoms with E-state index in [0.29, 0.717) is 5.56 Å². The lowest BCUT2D eigenvalue weighted by atomic mass is 10.1. The van der Waals surface area contributed by atoms with E-state index in [0.717, 1.165) is 25.2 Å². The van der Waals surface area contributed by atoms with Crippen LogP contribution in [0.15, 0.2) is 35.7 Å². The highest BCUT2D eigenvalue weighted by molar-refractivity contribution is 7.09. The number of hydrogen-bond donors (Lipinski definition) is 1. The van der Waals surface area contributed by atoms with Crippen LogP contribution in [0.2, 0.25) is 0 Å². The molecule has 0 atom stereocenters. The van der Waals surface area contributed by atoms with Gasteiger partial charge in [0.2, 0.25) is 0 Å². The third-order valence-electron chi connectivity index (χ3n) is 3.25. The molecule has 3 nitrogen and oxygen atoms in total. The van der Waals surface area contributed by atoms with Gasteiger partial charge in [0.1, 0.15) is 0 Å². The molecule has 0 radical (unpaired) electrons. The van der Waals surface area contributed by atoms with Crippen LogP contribution in [0, 0.1) is 0 Å². The van der Waals surface area contributed by atoms with Crippen LogP contribution in [0.25, 0.3) is 0 Å². The summed E-state index contributed by atoms with van der Waals surface area (Å²) < 4.78 is 0. The van der Waals surface area contributed by atoms with Crippen LogP contribution in [0.4, 0.5) is 5.69 Å². The van der Waals surface area contributed by atoms with Crippen molar-refractivity contribution in [2.45, 2.75) is 13.0 Å². The summed E-state index contributed by atoms with van der Waals surface area (Å²) in [7, 11) is 0. The van der Waals surface area contributed by atoms with E-state index < -0.39 is 5.97 Å². The zero-order chi connectivity index (χ0) is 12.5. The number of hydrogen-bond acceptors (Lipinski definition) is 3. The van der Waals surface area contributed by atoms with E-state index in [1.165, 1.54) is 10.4 Å². The van der Waals surface area contributed by atoms with Gasteiger partial charge in [-0.05, 0) is 35.6 Å². The van der Waals surface area contributed by atoms with E-state index in [1.54, 1.807) is 23.5 Å². The van der Waals surface area contributed by atoms with Crippen molar-refractivity contribution in [1.82, 2.24) is 0 Å². The van der Waals surface area contributed by atoms with Gasteiger partial charge in [-0.25, -0.2) is 4.79 Å². The SMILES string of the molecule is O=C(O)c1ccc2c(c1)N(Cc1cccs1)CC2. The number of aromatic carboxylic acids is 1. The topological polar surface area (TPSA) is 40.5 Å². The first-order chi connectivity index (χ1) is 8.74. The number of carboxylic acid groups (broad SMARTS) is 1. The molecule has 1 aromatic carbocycles. The van der Waals surface area contributed by atoms with Gasteiger partial charge in [0, 0.05) is 17.1 Å². The fourth-order valence-corrected chi connectivity index (χ4v) is 3.05. The maximum Gasteiger partial charge on any atom is 0.335 e. The molecule has 4 heteroatoms. The van der Waals surface area contributed by atoms with Gasteiger partial charge < -0.3 is 10.0 Å². The summed E-state index contributed by atoms with van der Waals surface area (Å²) in [6.45, 7) is 1.84. The maximum atomic E-state index is 11.0. The van der Waals surface area contributed by atoms with E-state index in [1.807, 2.05) is 12.1 Å². The van der Waals surface area contributed by atoms with Gasteiger partial charge in [-0.1, -0.05) is 12.1 Å². The first-order valence-corrected chi connectivity index (χ1v) is 6.75. The number of thiophene rings is 1. The van der Waals surface area contributed by atoms with Crippen LogP contribution in [0.5, 0.6) is 0 Å². The van der Waals surface area contributed by atoms with Gasteiger partial charge in [0.05, 0.1) is 12.1 Å². The minimum absolute atomic E-state index is 0.367. The van der Waals surface area contributed by atoms with E-state index >= 15 is 0 Å². The first kappa shape index (κ1) is 11.3. The Morgan fingerprint density at radius 2 is 2.28 bits per heavy atom. The molecule has 0 spiro atoms. The number of nitrogens with zero attached hydrogens (tertiary/aromatic N) is 1. The molecule has 92 valence electrons. The number of rotatable bonds is 3. The smallest absolute Gasteiger partial charge is 0.335 e. The fourth-order valence-electron chi connectivity index (χ4n) is 2.33. The standard InChI is InChI=1S/C14H13NO2S/c16-14(17)11-4-3-10-5-6-15(13(10)8-11)9-12-2-1-7-18-12/h1-4,7-8H,5-6,9H2,(H,16,17). The van der Waals surface area contributed by atoms with Crippen molar-refractivity contribution in [3.8, 4) is 0 Å². The van der Waals surface area contributed by atoms with Gasteiger partial charge in [-0.2, -0.15) is 0 Å². The predicted molar refractivity (Wildman–Crippen MR) is 72.5 cm³/mol. The molecule has 0 unspecified atom stereocenters. The summed E-state index contributed by atoms with van der Waals surface area (Å²) in [5.41, 5.74) is 2.69. The molecule has 0 fully saturated rings. The van der Waals surface area contributed by atoms with Crippen molar-refractivity contribution in [3.05, 3.63) is 51.7 Å². The van der Waals surface area contributed by atoms with Crippen molar-refractivity contribution in [1.29, 1.82) is 0 Å². The summed E-state index contributed by atoms with van der Waals surface area (Å²) >= 11 is 1.74. The largest absolute Gasteiger partial charge is 0.478 e. The Labute approximate surface area is 109 Å². The molecule has 1 aromatic heterocycles. The Balaban J connectivity index is 1.90. The number of carbonyl (C=O) groups is 1. The van der Waals surface area contributed by atoms with Crippen LogP contribution in [0.1, 0.15) is 20.8 Å². The summed E-state index contributed by atoms with van der Waals surface area (Å²) in [6.07, 6.45) is 1.00. The molecule has 18 heavy (non-hydrogen) atoms. The molecule has 3 rings (SSSR count). The molecule has 1 aliphatic rings. The third-order valence-corrected chi connectivity index (χ3v) is 4.11. The summed E-state index contributed by atoms with van der Waals surface area (Å²) in [5, 5.41) is 11.1. The Morgan fingerprint density at radius 1 is 1.39 bits per heavy atom. The second-order valence-corrected chi connectivity index (χ2v) is 5.43. The quantitative estimate of drug-likeness (QED) is 0.921. The predicted octanol–water partition coefficient (Wildman–Crippen LogP) is 3.01. The highest BCUT2D eigenvalue weighted by atomic mass is 32.1. The van der Waals surface area contributed by atoms with Gasteiger partial charge in [-0.15, -0.1) is 11.3 Å². The van der Waals surface area contributed by atoms with Crippen molar-refractivity contribution < 1.29 is 9.90 Å². The Bertz CT molecular complexity index is 577. The van der Waals surface area contributed by atoms with Crippen molar-refractivity contribution in [3.63, 3.8) is 0 Å². The van der Waals surface area contributed by atoms with Crippen LogP contribution < -0.4 is 4.90 Å². The Morgan fingerprint density at radius 3 is 3.00 bits per heavy atom. The monoisotopic (exact) mass is 259 g/mol. The molecule has 0 saturated carbocycles. The molecule has 0 aliphatic carbocycles. The highest BCUT2D eigenvalue weighted by Crippen LogP contribution is 2.31. The second kappa shape index (κ2) is 4.46. The molecule has 0 bridgehead atoms. The van der Waals surface area contributed by atoms with Crippen LogP contribution in [0.3, 0.4) is 0 Å².